The van der Waals surface area contributed by atoms with Crippen LogP contribution in [0, 0.1) is 5.41 Å². The van der Waals surface area contributed by atoms with Crippen LogP contribution in [0.5, 0.6) is 11.5 Å². The van der Waals surface area contributed by atoms with E-state index in [1.807, 2.05) is 0 Å². The smallest absolute Gasteiger partial charge is 0.312 e. The van der Waals surface area contributed by atoms with Crippen molar-refractivity contribution in [2.75, 3.05) is 20.0 Å². The van der Waals surface area contributed by atoms with Crippen LogP contribution >= 0.6 is 23.1 Å². The monoisotopic (exact) mass is 411 g/mol. The van der Waals surface area contributed by atoms with E-state index in [9.17, 15) is 24.6 Å². The Morgan fingerprint density at radius 3 is 2.56 bits per heavy atom. The number of carboxylic acid groups (broad SMARTS) is 2. The number of ether oxygens (including phenoxy) is 2. The summed E-state index contributed by atoms with van der Waals surface area (Å²) in [7, 11) is 2.94. The molecule has 0 amide bonds. The zero-order valence-corrected chi connectivity index (χ0v) is 16.1. The van der Waals surface area contributed by atoms with Gasteiger partial charge in [0, 0.05) is 16.5 Å². The summed E-state index contributed by atoms with van der Waals surface area (Å²) in [5, 5.41) is 20.0. The maximum atomic E-state index is 12.3. The predicted octanol–water partition coefficient (Wildman–Crippen LogP) is 2.24. The van der Waals surface area contributed by atoms with Gasteiger partial charge in [-0.25, -0.2) is 0 Å². The minimum absolute atomic E-state index is 0.0211. The average molecular weight is 411 g/mol. The third kappa shape index (κ3) is 3.30. The van der Waals surface area contributed by atoms with Gasteiger partial charge in [-0.15, -0.1) is 11.8 Å². The van der Waals surface area contributed by atoms with Crippen molar-refractivity contribution in [2.45, 2.75) is 17.4 Å². The van der Waals surface area contributed by atoms with E-state index >= 15 is 0 Å². The highest BCUT2D eigenvalue weighted by Crippen LogP contribution is 2.54. The van der Waals surface area contributed by atoms with Gasteiger partial charge in [0.15, 0.2) is 11.5 Å². The molecular weight excluding hydrogens is 394 g/mol. The summed E-state index contributed by atoms with van der Waals surface area (Å²) < 4.78 is 10.5. The van der Waals surface area contributed by atoms with E-state index in [2.05, 4.69) is 4.98 Å². The van der Waals surface area contributed by atoms with Gasteiger partial charge in [0.2, 0.25) is 0 Å². The van der Waals surface area contributed by atoms with Crippen LogP contribution in [0.1, 0.15) is 22.8 Å². The molecule has 2 atom stereocenters. The molecule has 1 aromatic carbocycles. The van der Waals surface area contributed by atoms with Crippen molar-refractivity contribution in [2.24, 2.45) is 5.41 Å². The first-order valence-corrected chi connectivity index (χ1v) is 9.65. The maximum absolute atomic E-state index is 12.3. The van der Waals surface area contributed by atoms with Crippen LogP contribution in [-0.4, -0.2) is 47.1 Å². The van der Waals surface area contributed by atoms with Crippen molar-refractivity contribution in [3.05, 3.63) is 38.3 Å². The molecule has 3 N–H and O–H groups in total. The Labute approximate surface area is 162 Å². The van der Waals surface area contributed by atoms with Crippen LogP contribution in [0.2, 0.25) is 0 Å². The lowest BCUT2D eigenvalue weighted by Gasteiger charge is -2.39. The number of H-pyrrole nitrogens is 1. The Morgan fingerprint density at radius 2 is 1.96 bits per heavy atom. The van der Waals surface area contributed by atoms with Gasteiger partial charge in [0.05, 0.1) is 31.1 Å². The molecular formula is C17H17NO7S2. The Balaban J connectivity index is 2.26. The SMILES string of the molecule is COc1ccc([C@@H]2c3sc(=O)[nH]c3SC[C@@]2(CC(=O)O)C(=O)O)cc1OC. The minimum Gasteiger partial charge on any atom is -0.493 e. The van der Waals surface area contributed by atoms with Crippen molar-refractivity contribution < 1.29 is 29.3 Å². The Morgan fingerprint density at radius 1 is 1.26 bits per heavy atom. The van der Waals surface area contributed by atoms with E-state index in [4.69, 9.17) is 9.47 Å². The number of methoxy groups -OCH3 is 2. The van der Waals surface area contributed by atoms with Gasteiger partial charge in [-0.3, -0.25) is 14.4 Å². The van der Waals surface area contributed by atoms with Crippen LogP contribution in [0.15, 0.2) is 28.0 Å². The molecule has 0 radical (unpaired) electrons. The third-order valence-corrected chi connectivity index (χ3v) is 6.91. The lowest BCUT2D eigenvalue weighted by atomic mass is 9.70. The van der Waals surface area contributed by atoms with Crippen LogP contribution < -0.4 is 14.3 Å². The number of hydrogen-bond acceptors (Lipinski definition) is 7. The van der Waals surface area contributed by atoms with Crippen LogP contribution in [0.25, 0.3) is 0 Å². The number of hydrogen-bond donors (Lipinski definition) is 3. The number of benzene rings is 1. The number of nitrogens with one attached hydrogen (secondary N) is 1. The van der Waals surface area contributed by atoms with Crippen LogP contribution in [-0.2, 0) is 9.59 Å². The molecule has 0 bridgehead atoms. The lowest BCUT2D eigenvalue weighted by Crippen LogP contribution is -2.44. The predicted molar refractivity (Wildman–Crippen MR) is 99.4 cm³/mol. The second kappa shape index (κ2) is 7.28. The van der Waals surface area contributed by atoms with Crippen molar-refractivity contribution in [3.8, 4) is 11.5 Å². The van der Waals surface area contributed by atoms with E-state index in [1.54, 1.807) is 18.2 Å². The molecule has 144 valence electrons. The number of thioether (sulfide) groups is 1. The molecule has 0 unspecified atom stereocenters. The summed E-state index contributed by atoms with van der Waals surface area (Å²) >= 11 is 2.06. The van der Waals surface area contributed by atoms with Crippen molar-refractivity contribution in [1.29, 1.82) is 0 Å². The molecule has 27 heavy (non-hydrogen) atoms. The number of carbonyl (C=O) groups is 2. The molecule has 1 aliphatic rings. The summed E-state index contributed by atoms with van der Waals surface area (Å²) in [5.41, 5.74) is -1.05. The molecule has 0 fully saturated rings. The first-order valence-electron chi connectivity index (χ1n) is 7.85. The number of thiazole rings is 1. The molecule has 8 nitrogen and oxygen atoms in total. The van der Waals surface area contributed by atoms with Crippen molar-refractivity contribution in [1.82, 2.24) is 4.98 Å². The lowest BCUT2D eigenvalue weighted by molar-refractivity contribution is -0.155. The molecule has 0 spiro atoms. The van der Waals surface area contributed by atoms with Gasteiger partial charge in [0.1, 0.15) is 0 Å². The van der Waals surface area contributed by atoms with Gasteiger partial charge in [0.25, 0.3) is 0 Å². The Bertz CT molecular complexity index is 951. The average Bonchev–Trinajstić information content (AvgIpc) is 3.00. The quantitative estimate of drug-likeness (QED) is 0.661. The molecule has 0 aliphatic carbocycles. The van der Waals surface area contributed by atoms with Gasteiger partial charge in [-0.2, -0.15) is 0 Å². The number of rotatable bonds is 6. The first kappa shape index (κ1) is 19.3. The topological polar surface area (TPSA) is 126 Å². The minimum atomic E-state index is -1.60. The Kier molecular flexibility index (Phi) is 5.20. The van der Waals surface area contributed by atoms with Gasteiger partial charge in [-0.1, -0.05) is 17.4 Å². The van der Waals surface area contributed by atoms with E-state index in [0.717, 1.165) is 23.1 Å². The number of aliphatic carboxylic acids is 2. The van der Waals surface area contributed by atoms with E-state index < -0.39 is 29.7 Å². The zero-order valence-electron chi connectivity index (χ0n) is 14.5. The largest absolute Gasteiger partial charge is 0.493 e. The van der Waals surface area contributed by atoms with E-state index in [-0.39, 0.29) is 10.6 Å². The standard InChI is InChI=1S/C17H17NO7S2/c1-24-9-4-3-8(5-10(9)25-2)12-13-14(18-16(23)27-13)26-7-17(12,15(21)22)6-11(19)20/h3-5,12H,6-7H2,1-2H3,(H,18,23)(H,19,20)(H,21,22)/t12-,17-/m1/s1. The highest BCUT2D eigenvalue weighted by atomic mass is 32.2. The van der Waals surface area contributed by atoms with Gasteiger partial charge >= 0.3 is 16.8 Å². The molecule has 2 aromatic rings. The Hall–Kier alpha value is -2.46. The summed E-state index contributed by atoms with van der Waals surface area (Å²) in [5.74, 6) is -2.36. The highest BCUT2D eigenvalue weighted by Gasteiger charge is 2.53. The van der Waals surface area contributed by atoms with Crippen molar-refractivity contribution >= 4 is 35.0 Å². The number of aromatic nitrogens is 1. The highest BCUT2D eigenvalue weighted by molar-refractivity contribution is 7.99. The van der Waals surface area contributed by atoms with Crippen LogP contribution in [0.4, 0.5) is 0 Å². The number of aromatic amines is 1. The molecule has 3 rings (SSSR count). The molecule has 0 saturated heterocycles. The summed E-state index contributed by atoms with van der Waals surface area (Å²) in [6.45, 7) is 0. The molecule has 10 heteroatoms. The molecule has 1 aliphatic heterocycles. The second-order valence-corrected chi connectivity index (χ2v) is 8.08. The fourth-order valence-corrected chi connectivity index (χ4v) is 5.91. The second-order valence-electron chi connectivity index (χ2n) is 6.08. The van der Waals surface area contributed by atoms with Crippen molar-refractivity contribution in [3.63, 3.8) is 0 Å². The summed E-state index contributed by atoms with van der Waals surface area (Å²) in [4.78, 5) is 38.6. The number of fused-ring (bicyclic) bond motifs is 1. The number of carboxylic acids is 2. The molecule has 1 aromatic heterocycles. The fraction of sp³-hybridized carbons (Fsp3) is 0.353. The fourth-order valence-electron chi connectivity index (χ4n) is 3.35. The summed E-state index contributed by atoms with van der Waals surface area (Å²) in [6.07, 6.45) is -0.570. The first-order chi connectivity index (χ1) is 12.8. The normalized spacial score (nSPS) is 21.3. The van der Waals surface area contributed by atoms with E-state index in [0.29, 0.717) is 27.0 Å². The van der Waals surface area contributed by atoms with Crippen LogP contribution in [0.3, 0.4) is 0 Å². The third-order valence-electron chi connectivity index (χ3n) is 4.56. The van der Waals surface area contributed by atoms with Gasteiger partial charge < -0.3 is 24.7 Å². The van der Waals surface area contributed by atoms with E-state index in [1.165, 1.54) is 14.2 Å². The zero-order chi connectivity index (χ0) is 19.8. The maximum Gasteiger partial charge on any atom is 0.312 e. The summed E-state index contributed by atoms with van der Waals surface area (Å²) in [6, 6.07) is 4.95. The molecule has 0 saturated carbocycles. The van der Waals surface area contributed by atoms with Gasteiger partial charge in [-0.05, 0) is 17.7 Å². The molecule has 2 heterocycles.